The summed E-state index contributed by atoms with van der Waals surface area (Å²) in [5.74, 6) is 0.464. The number of hydrogen-bond donors (Lipinski definition) is 2. The molecule has 1 fully saturated rings. The van der Waals surface area contributed by atoms with Gasteiger partial charge in [0.2, 0.25) is 5.95 Å². The zero-order valence-electron chi connectivity index (χ0n) is 17.2. The van der Waals surface area contributed by atoms with Gasteiger partial charge in [-0.15, -0.1) is 5.10 Å². The molecule has 1 aliphatic heterocycles. The van der Waals surface area contributed by atoms with Crippen LogP contribution in [0.5, 0.6) is 0 Å². The molecule has 4 aromatic rings. The summed E-state index contributed by atoms with van der Waals surface area (Å²) in [6.45, 7) is 3.44. The maximum atomic E-state index is 13.8. The average Bonchev–Trinajstić information content (AvgIpc) is 3.40. The van der Waals surface area contributed by atoms with Gasteiger partial charge in [-0.05, 0) is 44.0 Å². The summed E-state index contributed by atoms with van der Waals surface area (Å²) in [4.78, 5) is 9.36. The molecule has 0 unspecified atom stereocenters. The largest absolute Gasteiger partial charge is 0.383 e. The predicted octanol–water partition coefficient (Wildman–Crippen LogP) is 4.10. The van der Waals surface area contributed by atoms with Crippen LogP contribution in [0, 0.1) is 12.7 Å². The molecule has 7 nitrogen and oxygen atoms in total. The molecule has 5 rings (SSSR count). The third-order valence-corrected chi connectivity index (χ3v) is 5.43. The lowest BCUT2D eigenvalue weighted by Gasteiger charge is -2.12. The molecule has 8 heteroatoms. The quantitative estimate of drug-likeness (QED) is 0.507. The third kappa shape index (κ3) is 3.82. The first-order valence-corrected chi connectivity index (χ1v) is 10.3. The summed E-state index contributed by atoms with van der Waals surface area (Å²) in [5.41, 5.74) is 10.2. The Bertz CT molecular complexity index is 1250. The first-order valence-electron chi connectivity index (χ1n) is 10.3. The highest BCUT2D eigenvalue weighted by Crippen LogP contribution is 2.33. The minimum atomic E-state index is -0.361. The summed E-state index contributed by atoms with van der Waals surface area (Å²) in [7, 11) is 0. The summed E-state index contributed by atoms with van der Waals surface area (Å²) < 4.78 is 21.0. The van der Waals surface area contributed by atoms with Crippen LogP contribution in [-0.2, 0) is 4.74 Å². The molecule has 158 valence electrons. The summed E-state index contributed by atoms with van der Waals surface area (Å²) >= 11 is 0. The smallest absolute Gasteiger partial charge is 0.225 e. The zero-order chi connectivity index (χ0) is 21.4. The lowest BCUT2D eigenvalue weighted by Crippen LogP contribution is -2.19. The van der Waals surface area contributed by atoms with E-state index in [1.165, 1.54) is 16.8 Å². The molecule has 0 bridgehead atoms. The molecular formula is C23H23FN6O. The number of hydrogen-bond acceptors (Lipinski definition) is 6. The summed E-state index contributed by atoms with van der Waals surface area (Å²) in [6.07, 6.45) is 2.23. The first-order chi connectivity index (χ1) is 15.1. The van der Waals surface area contributed by atoms with E-state index in [0.29, 0.717) is 40.7 Å². The fraction of sp³-hybridized carbons (Fsp3) is 0.261. The number of aryl methyl sites for hydroxylation is 1. The average molecular weight is 418 g/mol. The molecule has 0 aliphatic carbocycles. The molecule has 31 heavy (non-hydrogen) atoms. The zero-order valence-corrected chi connectivity index (χ0v) is 17.2. The fourth-order valence-electron chi connectivity index (χ4n) is 3.91. The van der Waals surface area contributed by atoms with E-state index in [1.807, 2.05) is 31.2 Å². The number of benzene rings is 2. The van der Waals surface area contributed by atoms with Crippen molar-refractivity contribution in [1.82, 2.24) is 19.7 Å². The van der Waals surface area contributed by atoms with Gasteiger partial charge in [0.1, 0.15) is 11.6 Å². The number of ether oxygens (including phenoxy) is 1. The van der Waals surface area contributed by atoms with Crippen molar-refractivity contribution in [3.8, 4) is 16.9 Å². The van der Waals surface area contributed by atoms with Crippen molar-refractivity contribution in [2.75, 3.05) is 24.2 Å². The van der Waals surface area contributed by atoms with Crippen molar-refractivity contribution < 1.29 is 9.13 Å². The third-order valence-electron chi connectivity index (χ3n) is 5.43. The molecule has 3 N–H and O–H groups in total. The van der Waals surface area contributed by atoms with Crippen molar-refractivity contribution in [2.45, 2.75) is 25.9 Å². The second kappa shape index (κ2) is 7.96. The fourth-order valence-corrected chi connectivity index (χ4v) is 3.91. The van der Waals surface area contributed by atoms with E-state index in [2.05, 4.69) is 15.4 Å². The Hall–Kier alpha value is -3.52. The monoisotopic (exact) mass is 418 g/mol. The van der Waals surface area contributed by atoms with Crippen LogP contribution < -0.4 is 11.1 Å². The number of nitrogens with two attached hydrogens (primary N) is 1. The maximum Gasteiger partial charge on any atom is 0.225 e. The number of anilines is 2. The van der Waals surface area contributed by atoms with E-state index >= 15 is 0 Å². The molecule has 1 saturated heterocycles. The van der Waals surface area contributed by atoms with Gasteiger partial charge < -0.3 is 15.8 Å². The van der Waals surface area contributed by atoms with E-state index < -0.39 is 0 Å². The Morgan fingerprint density at radius 3 is 2.84 bits per heavy atom. The molecule has 0 radical (unpaired) electrons. The van der Waals surface area contributed by atoms with Crippen molar-refractivity contribution in [3.05, 3.63) is 59.9 Å². The summed E-state index contributed by atoms with van der Waals surface area (Å²) in [5, 5.41) is 8.50. The van der Waals surface area contributed by atoms with Gasteiger partial charge in [0.15, 0.2) is 5.65 Å². The molecular weight excluding hydrogens is 395 g/mol. The van der Waals surface area contributed by atoms with Crippen molar-refractivity contribution in [3.63, 3.8) is 0 Å². The van der Waals surface area contributed by atoms with Gasteiger partial charge in [0.05, 0.1) is 22.9 Å². The van der Waals surface area contributed by atoms with Crippen LogP contribution in [0.15, 0.2) is 48.5 Å². The van der Waals surface area contributed by atoms with E-state index in [0.717, 1.165) is 30.6 Å². The highest BCUT2D eigenvalue weighted by Gasteiger charge is 2.21. The molecule has 0 amide bonds. The Morgan fingerprint density at radius 2 is 2.06 bits per heavy atom. The lowest BCUT2D eigenvalue weighted by atomic mass is 10.1. The lowest BCUT2D eigenvalue weighted by molar-refractivity contribution is 0.120. The molecule has 0 spiro atoms. The number of fused-ring (bicyclic) bond motifs is 1. The van der Waals surface area contributed by atoms with Crippen LogP contribution in [0.1, 0.15) is 18.4 Å². The molecule has 0 saturated carbocycles. The van der Waals surface area contributed by atoms with Crippen LogP contribution in [0.4, 0.5) is 16.2 Å². The van der Waals surface area contributed by atoms with Crippen molar-refractivity contribution in [1.29, 1.82) is 0 Å². The molecule has 2 aromatic carbocycles. The van der Waals surface area contributed by atoms with Gasteiger partial charge >= 0.3 is 0 Å². The second-order valence-corrected chi connectivity index (χ2v) is 7.76. The molecule has 1 atom stereocenters. The number of rotatable bonds is 5. The standard InChI is InChI=1S/C23H23FN6O/c1-14-5-2-6-15(11-14)20-19-21(25)30(17-8-3-7-16(24)12-17)29-22(19)28-23(27-20)26-13-18-9-4-10-31-18/h2-3,5-8,11-12,18H,4,9-10,13,25H2,1H3,(H,26,28,29)/t18-/m1/s1. The Balaban J connectivity index is 1.64. The Morgan fingerprint density at radius 1 is 1.19 bits per heavy atom. The normalized spacial score (nSPS) is 16.1. The van der Waals surface area contributed by atoms with Gasteiger partial charge in [-0.2, -0.15) is 4.98 Å². The Kier molecular flexibility index (Phi) is 4.99. The van der Waals surface area contributed by atoms with Gasteiger partial charge in [-0.25, -0.2) is 14.1 Å². The second-order valence-electron chi connectivity index (χ2n) is 7.76. The van der Waals surface area contributed by atoms with Gasteiger partial charge in [-0.3, -0.25) is 0 Å². The van der Waals surface area contributed by atoms with Crippen LogP contribution in [0.2, 0.25) is 0 Å². The SMILES string of the molecule is Cc1cccc(-c2nc(NC[C@H]3CCCO3)nc3nn(-c4cccc(F)c4)c(N)c23)c1. The molecule has 3 heterocycles. The van der Waals surface area contributed by atoms with E-state index in [9.17, 15) is 4.39 Å². The number of halogens is 1. The van der Waals surface area contributed by atoms with Crippen LogP contribution in [0.25, 0.3) is 28.0 Å². The van der Waals surface area contributed by atoms with Crippen LogP contribution in [0.3, 0.4) is 0 Å². The van der Waals surface area contributed by atoms with E-state index in [-0.39, 0.29) is 11.9 Å². The van der Waals surface area contributed by atoms with Gasteiger partial charge in [-0.1, -0.05) is 29.8 Å². The first kappa shape index (κ1) is 19.4. The van der Waals surface area contributed by atoms with Crippen LogP contribution in [-0.4, -0.2) is 39.0 Å². The number of nitrogen functional groups attached to an aromatic ring is 1. The van der Waals surface area contributed by atoms with Gasteiger partial charge in [0, 0.05) is 18.7 Å². The highest BCUT2D eigenvalue weighted by atomic mass is 19.1. The predicted molar refractivity (Wildman–Crippen MR) is 119 cm³/mol. The Labute approximate surface area is 179 Å². The van der Waals surface area contributed by atoms with Crippen molar-refractivity contribution in [2.24, 2.45) is 0 Å². The van der Waals surface area contributed by atoms with Crippen LogP contribution >= 0.6 is 0 Å². The van der Waals surface area contributed by atoms with E-state index in [4.69, 9.17) is 15.5 Å². The van der Waals surface area contributed by atoms with Crippen molar-refractivity contribution >= 4 is 22.8 Å². The summed E-state index contributed by atoms with van der Waals surface area (Å²) in [6, 6.07) is 14.2. The minimum absolute atomic E-state index is 0.150. The van der Waals surface area contributed by atoms with Gasteiger partial charge in [0.25, 0.3) is 0 Å². The molecule has 2 aromatic heterocycles. The molecule has 1 aliphatic rings. The van der Waals surface area contributed by atoms with E-state index in [1.54, 1.807) is 12.1 Å². The number of aromatic nitrogens is 4. The number of nitrogens with one attached hydrogen (secondary N) is 1. The topological polar surface area (TPSA) is 90.9 Å². The number of nitrogens with zero attached hydrogens (tertiary/aromatic N) is 4. The maximum absolute atomic E-state index is 13.8. The highest BCUT2D eigenvalue weighted by molar-refractivity contribution is 5.99. The minimum Gasteiger partial charge on any atom is -0.383 e.